The maximum atomic E-state index is 10.8. The van der Waals surface area contributed by atoms with E-state index in [1.54, 1.807) is 6.92 Å². The van der Waals surface area contributed by atoms with Crippen molar-refractivity contribution in [2.24, 2.45) is 10.2 Å². The number of esters is 1. The lowest BCUT2D eigenvalue weighted by molar-refractivity contribution is -0.137. The first-order valence-corrected chi connectivity index (χ1v) is 3.56. The Balaban J connectivity index is 4.16. The van der Waals surface area contributed by atoms with E-state index in [-0.39, 0.29) is 12.3 Å². The number of ether oxygens (including phenoxy) is 1. The third kappa shape index (κ3) is 6.67. The summed E-state index contributed by atoms with van der Waals surface area (Å²) in [7, 11) is 0. The minimum Gasteiger partial charge on any atom is -0.463 e. The molecule has 0 unspecified atom stereocenters. The van der Waals surface area contributed by atoms with Gasteiger partial charge in [0.15, 0.2) is 0 Å². The Hall–Kier alpha value is -1.72. The third-order valence-corrected chi connectivity index (χ3v) is 0.907. The summed E-state index contributed by atoms with van der Waals surface area (Å²) in [6.45, 7) is 3.38. The van der Waals surface area contributed by atoms with Crippen molar-refractivity contribution >= 4 is 12.1 Å². The van der Waals surface area contributed by atoms with Gasteiger partial charge in [-0.1, -0.05) is 5.11 Å². The van der Waals surface area contributed by atoms with Gasteiger partial charge in [-0.15, -0.1) is 5.11 Å². The fraction of sp³-hybridized carbons (Fsp3) is 0.429. The Bertz CT molecular complexity index is 257. The van der Waals surface area contributed by atoms with Crippen molar-refractivity contribution in [3.63, 3.8) is 0 Å². The van der Waals surface area contributed by atoms with E-state index in [2.05, 4.69) is 15.0 Å². The molecule has 1 amide bonds. The minimum absolute atomic E-state index is 0.181. The van der Waals surface area contributed by atoms with Crippen LogP contribution in [0.1, 0.15) is 13.8 Å². The van der Waals surface area contributed by atoms with Gasteiger partial charge >= 0.3 is 12.1 Å². The highest BCUT2D eigenvalue weighted by Crippen LogP contribution is 1.96. The van der Waals surface area contributed by atoms with Gasteiger partial charge in [0.25, 0.3) is 0 Å². The number of carbonyl (C=O) groups is 2. The first-order chi connectivity index (χ1) is 6.06. The molecule has 72 valence electrons. The molecule has 13 heavy (non-hydrogen) atoms. The van der Waals surface area contributed by atoms with Crippen LogP contribution in [0.15, 0.2) is 22.0 Å². The van der Waals surface area contributed by atoms with Gasteiger partial charge in [-0.2, -0.15) is 0 Å². The molecule has 0 heterocycles. The third-order valence-electron chi connectivity index (χ3n) is 0.907. The SMILES string of the molecule is CCOC(=O)/C=C(C)/N=N\C(=O)O. The van der Waals surface area contributed by atoms with Crippen LogP contribution in [0.25, 0.3) is 0 Å². The van der Waals surface area contributed by atoms with Crippen LogP contribution in [0, 0.1) is 0 Å². The van der Waals surface area contributed by atoms with Crippen LogP contribution < -0.4 is 0 Å². The van der Waals surface area contributed by atoms with Crippen LogP contribution in [-0.4, -0.2) is 23.8 Å². The van der Waals surface area contributed by atoms with Crippen LogP contribution >= 0.6 is 0 Å². The number of carboxylic acid groups (broad SMARTS) is 1. The van der Waals surface area contributed by atoms with Gasteiger partial charge in [0.05, 0.1) is 12.3 Å². The maximum Gasteiger partial charge on any atom is 0.449 e. The topological polar surface area (TPSA) is 88.3 Å². The van der Waals surface area contributed by atoms with E-state index in [1.807, 2.05) is 0 Å². The molecule has 6 heteroatoms. The zero-order chi connectivity index (χ0) is 10.3. The van der Waals surface area contributed by atoms with Gasteiger partial charge in [-0.05, 0) is 13.8 Å². The molecular formula is C7H10N2O4. The van der Waals surface area contributed by atoms with Crippen LogP contribution in [0.3, 0.4) is 0 Å². The number of amides is 1. The number of carbonyl (C=O) groups excluding carboxylic acids is 1. The molecule has 0 aromatic carbocycles. The van der Waals surface area contributed by atoms with E-state index in [0.29, 0.717) is 0 Å². The van der Waals surface area contributed by atoms with E-state index < -0.39 is 12.1 Å². The molecule has 0 atom stereocenters. The van der Waals surface area contributed by atoms with Gasteiger partial charge in [0.2, 0.25) is 0 Å². The first kappa shape index (κ1) is 11.3. The van der Waals surface area contributed by atoms with Crippen LogP contribution in [0.2, 0.25) is 0 Å². The Morgan fingerprint density at radius 3 is 2.54 bits per heavy atom. The van der Waals surface area contributed by atoms with Crippen molar-refractivity contribution in [3.8, 4) is 0 Å². The fourth-order valence-corrected chi connectivity index (χ4v) is 0.505. The smallest absolute Gasteiger partial charge is 0.449 e. The summed E-state index contributed by atoms with van der Waals surface area (Å²) in [5.41, 5.74) is 0.181. The number of hydrogen-bond acceptors (Lipinski definition) is 4. The van der Waals surface area contributed by atoms with Crippen LogP contribution in [0.4, 0.5) is 4.79 Å². The van der Waals surface area contributed by atoms with E-state index >= 15 is 0 Å². The molecule has 0 radical (unpaired) electrons. The van der Waals surface area contributed by atoms with Crippen molar-refractivity contribution in [1.29, 1.82) is 0 Å². The molecule has 6 nitrogen and oxygen atoms in total. The van der Waals surface area contributed by atoms with Gasteiger partial charge in [0, 0.05) is 6.08 Å². The molecule has 0 saturated heterocycles. The molecule has 0 spiro atoms. The maximum absolute atomic E-state index is 10.8. The standard InChI is InChI=1S/C7H10N2O4/c1-3-13-6(10)4-5(2)8-9-7(11)12/h4H,3H2,1-2H3,(H,11,12)/b5-4+,9-8-. The highest BCUT2D eigenvalue weighted by atomic mass is 16.5. The van der Waals surface area contributed by atoms with E-state index in [0.717, 1.165) is 6.08 Å². The van der Waals surface area contributed by atoms with Crippen molar-refractivity contribution in [2.45, 2.75) is 13.8 Å². The molecule has 0 aromatic heterocycles. The predicted molar refractivity (Wildman–Crippen MR) is 43.3 cm³/mol. The lowest BCUT2D eigenvalue weighted by Crippen LogP contribution is -1.99. The number of hydrogen-bond donors (Lipinski definition) is 1. The molecule has 0 aliphatic carbocycles. The quantitative estimate of drug-likeness (QED) is 0.411. The second kappa shape index (κ2) is 5.87. The Morgan fingerprint density at radius 1 is 1.46 bits per heavy atom. The lowest BCUT2D eigenvalue weighted by atomic mass is 10.4. The molecule has 0 aromatic rings. The number of rotatable bonds is 3. The average Bonchev–Trinajstić information content (AvgIpc) is 2.01. The summed E-state index contributed by atoms with van der Waals surface area (Å²) in [6.07, 6.45) is -0.341. The van der Waals surface area contributed by atoms with E-state index in [9.17, 15) is 9.59 Å². The summed E-state index contributed by atoms with van der Waals surface area (Å²) < 4.78 is 4.55. The molecule has 0 aliphatic heterocycles. The first-order valence-electron chi connectivity index (χ1n) is 3.56. The molecule has 0 fully saturated rings. The molecular weight excluding hydrogens is 176 g/mol. The molecule has 0 bridgehead atoms. The minimum atomic E-state index is -1.41. The molecule has 0 rings (SSSR count). The van der Waals surface area contributed by atoms with Crippen molar-refractivity contribution in [2.75, 3.05) is 6.61 Å². The number of allylic oxidation sites excluding steroid dienone is 1. The monoisotopic (exact) mass is 186 g/mol. The van der Waals surface area contributed by atoms with Gasteiger partial charge in [0.1, 0.15) is 0 Å². The summed E-state index contributed by atoms with van der Waals surface area (Å²) >= 11 is 0. The average molecular weight is 186 g/mol. The van der Waals surface area contributed by atoms with E-state index in [4.69, 9.17) is 5.11 Å². The highest BCUT2D eigenvalue weighted by Gasteiger charge is 1.97. The largest absolute Gasteiger partial charge is 0.463 e. The Morgan fingerprint density at radius 2 is 2.08 bits per heavy atom. The highest BCUT2D eigenvalue weighted by molar-refractivity contribution is 5.82. The number of azo groups is 1. The number of nitrogens with zero attached hydrogens (tertiary/aromatic N) is 2. The lowest BCUT2D eigenvalue weighted by Gasteiger charge is -1.94. The summed E-state index contributed by atoms with van der Waals surface area (Å²) in [5, 5.41) is 14.1. The summed E-state index contributed by atoms with van der Waals surface area (Å²) in [5.74, 6) is -0.565. The van der Waals surface area contributed by atoms with E-state index in [1.165, 1.54) is 6.92 Å². The second-order valence-corrected chi connectivity index (χ2v) is 2.02. The zero-order valence-corrected chi connectivity index (χ0v) is 7.35. The molecule has 0 saturated carbocycles. The van der Waals surface area contributed by atoms with Crippen molar-refractivity contribution < 1.29 is 19.4 Å². The van der Waals surface area contributed by atoms with Crippen LogP contribution in [-0.2, 0) is 9.53 Å². The summed E-state index contributed by atoms with van der Waals surface area (Å²) in [6, 6.07) is 0. The zero-order valence-electron chi connectivity index (χ0n) is 7.35. The summed E-state index contributed by atoms with van der Waals surface area (Å²) in [4.78, 5) is 20.7. The van der Waals surface area contributed by atoms with Crippen molar-refractivity contribution in [3.05, 3.63) is 11.8 Å². The Labute approximate surface area is 74.9 Å². The van der Waals surface area contributed by atoms with Gasteiger partial charge in [-0.25, -0.2) is 9.59 Å². The predicted octanol–water partition coefficient (Wildman–Crippen LogP) is 1.58. The fourth-order valence-electron chi connectivity index (χ4n) is 0.505. The Kier molecular flexibility index (Phi) is 5.09. The van der Waals surface area contributed by atoms with Gasteiger partial charge < -0.3 is 9.84 Å². The molecule has 0 aliphatic rings. The normalized spacial score (nSPS) is 11.7. The molecule has 1 N–H and O–H groups in total. The second-order valence-electron chi connectivity index (χ2n) is 2.02. The van der Waals surface area contributed by atoms with Gasteiger partial charge in [-0.3, -0.25) is 0 Å². The van der Waals surface area contributed by atoms with Crippen LogP contribution in [0.5, 0.6) is 0 Å². The van der Waals surface area contributed by atoms with Crippen molar-refractivity contribution in [1.82, 2.24) is 0 Å².